The van der Waals surface area contributed by atoms with E-state index < -0.39 is 0 Å². The molecule has 1 heterocycles. The third-order valence-corrected chi connectivity index (χ3v) is 6.56. The minimum Gasteiger partial charge on any atom is -0.356 e. The monoisotopic (exact) mass is 504 g/mol. The average molecular weight is 505 g/mol. The molecule has 1 amide bonds. The number of hydrogen-bond acceptors (Lipinski definition) is 5. The van der Waals surface area contributed by atoms with Crippen molar-refractivity contribution in [2.75, 3.05) is 12.3 Å². The van der Waals surface area contributed by atoms with Gasteiger partial charge in [-0.05, 0) is 41.8 Å². The fourth-order valence-corrected chi connectivity index (χ4v) is 4.60. The molecule has 0 radical (unpaired) electrons. The summed E-state index contributed by atoms with van der Waals surface area (Å²) in [6, 6.07) is 25.2. The van der Waals surface area contributed by atoms with Gasteiger partial charge in [0.1, 0.15) is 5.82 Å². The van der Waals surface area contributed by atoms with Crippen molar-refractivity contribution in [2.45, 2.75) is 24.9 Å². The molecule has 35 heavy (non-hydrogen) atoms. The van der Waals surface area contributed by atoms with Gasteiger partial charge < -0.3 is 5.32 Å². The molecule has 0 aliphatic carbocycles. The number of rotatable bonds is 10. The van der Waals surface area contributed by atoms with Crippen LogP contribution in [0.3, 0.4) is 0 Å². The van der Waals surface area contributed by atoms with Crippen LogP contribution < -0.4 is 5.32 Å². The van der Waals surface area contributed by atoms with Gasteiger partial charge in [0.2, 0.25) is 5.91 Å². The number of benzene rings is 3. The van der Waals surface area contributed by atoms with Gasteiger partial charge in [0.25, 0.3) is 0 Å². The molecule has 0 spiro atoms. The molecule has 1 N–H and O–H groups in total. The van der Waals surface area contributed by atoms with E-state index in [-0.39, 0.29) is 17.4 Å². The molecule has 0 atom stereocenters. The molecule has 178 valence electrons. The fourth-order valence-electron chi connectivity index (χ4n) is 3.61. The van der Waals surface area contributed by atoms with Crippen LogP contribution in [-0.2, 0) is 11.2 Å². The fraction of sp³-hybridized carbons (Fsp3) is 0.185. The molecular weight excluding hydrogens is 480 g/mol. The molecule has 4 aromatic rings. The van der Waals surface area contributed by atoms with Crippen LogP contribution in [0.15, 0.2) is 84.0 Å². The van der Waals surface area contributed by atoms with Gasteiger partial charge in [-0.25, -0.2) is 0 Å². The van der Waals surface area contributed by atoms with Crippen LogP contribution in [0, 0.1) is 0 Å². The molecule has 8 heteroatoms. The number of nitrogens with zero attached hydrogens (tertiary/aromatic N) is 3. The molecule has 4 rings (SSSR count). The molecule has 0 aliphatic rings. The van der Waals surface area contributed by atoms with E-state index in [0.29, 0.717) is 28.7 Å². The van der Waals surface area contributed by atoms with E-state index in [2.05, 4.69) is 15.5 Å². The van der Waals surface area contributed by atoms with Gasteiger partial charge in [-0.3, -0.25) is 14.2 Å². The maximum atomic E-state index is 12.9. The van der Waals surface area contributed by atoms with E-state index in [9.17, 15) is 9.59 Å². The number of thioether (sulfide) groups is 1. The number of nitrogens with one attached hydrogen (secondary N) is 1. The van der Waals surface area contributed by atoms with E-state index in [1.807, 2.05) is 83.4 Å². The van der Waals surface area contributed by atoms with Crippen LogP contribution in [0.25, 0.3) is 16.8 Å². The van der Waals surface area contributed by atoms with Crippen LogP contribution in [0.5, 0.6) is 0 Å². The van der Waals surface area contributed by atoms with E-state index in [1.165, 1.54) is 18.7 Å². The van der Waals surface area contributed by atoms with Gasteiger partial charge in [-0.15, -0.1) is 10.2 Å². The number of amides is 1. The first kappa shape index (κ1) is 24.7. The van der Waals surface area contributed by atoms with Crippen LogP contribution in [-0.4, -0.2) is 38.8 Å². The van der Waals surface area contributed by atoms with Gasteiger partial charge in [0, 0.05) is 36.2 Å². The highest BCUT2D eigenvalue weighted by molar-refractivity contribution is 7.99. The Morgan fingerprint density at radius 3 is 2.29 bits per heavy atom. The lowest BCUT2D eigenvalue weighted by atomic mass is 10.0. The normalized spacial score (nSPS) is 10.8. The summed E-state index contributed by atoms with van der Waals surface area (Å²) in [5, 5.41) is 12.8. The summed E-state index contributed by atoms with van der Waals surface area (Å²) in [4.78, 5) is 24.0. The zero-order valence-electron chi connectivity index (χ0n) is 19.3. The Morgan fingerprint density at radius 2 is 1.60 bits per heavy atom. The average Bonchev–Trinajstić information content (AvgIpc) is 3.29. The van der Waals surface area contributed by atoms with Crippen molar-refractivity contribution in [2.24, 2.45) is 0 Å². The molecule has 0 saturated carbocycles. The highest BCUT2D eigenvalue weighted by Gasteiger charge is 2.17. The third kappa shape index (κ3) is 6.59. The predicted octanol–water partition coefficient (Wildman–Crippen LogP) is 5.63. The standard InChI is InChI=1S/C27H25ClN4O2S/c1-19(33)29-17-5-8-26-30-31-27(32(26)24-15-13-23(28)14-16-24)35-18-25(34)22-11-9-21(10-12-22)20-6-3-2-4-7-20/h2-4,6-7,9-16H,5,8,17-18H2,1H3,(H,29,33). The minimum absolute atomic E-state index is 0.0208. The molecule has 0 saturated heterocycles. The number of carbonyl (C=O) groups excluding carboxylic acids is 2. The quantitative estimate of drug-likeness (QED) is 0.172. The smallest absolute Gasteiger partial charge is 0.216 e. The van der Waals surface area contributed by atoms with E-state index >= 15 is 0 Å². The summed E-state index contributed by atoms with van der Waals surface area (Å²) in [5.41, 5.74) is 3.71. The van der Waals surface area contributed by atoms with Gasteiger partial charge in [-0.1, -0.05) is 78.0 Å². The van der Waals surface area contributed by atoms with Crippen LogP contribution in [0.2, 0.25) is 5.02 Å². The van der Waals surface area contributed by atoms with Crippen molar-refractivity contribution in [3.8, 4) is 16.8 Å². The van der Waals surface area contributed by atoms with E-state index in [1.54, 1.807) is 0 Å². The summed E-state index contributed by atoms with van der Waals surface area (Å²) in [7, 11) is 0. The molecule has 0 unspecified atom stereocenters. The van der Waals surface area contributed by atoms with Crippen molar-refractivity contribution in [1.29, 1.82) is 0 Å². The Kier molecular flexibility index (Phi) is 8.34. The molecule has 0 fully saturated rings. The second-order valence-corrected chi connectivity index (χ2v) is 9.33. The van der Waals surface area contributed by atoms with Crippen LogP contribution >= 0.6 is 23.4 Å². The van der Waals surface area contributed by atoms with Crippen molar-refractivity contribution in [3.63, 3.8) is 0 Å². The zero-order chi connectivity index (χ0) is 24.6. The second kappa shape index (κ2) is 11.8. The van der Waals surface area contributed by atoms with Crippen molar-refractivity contribution < 1.29 is 9.59 Å². The lowest BCUT2D eigenvalue weighted by Gasteiger charge is -2.11. The first-order valence-corrected chi connectivity index (χ1v) is 12.6. The van der Waals surface area contributed by atoms with Gasteiger partial charge in [0.05, 0.1) is 5.75 Å². The first-order chi connectivity index (χ1) is 17.0. The van der Waals surface area contributed by atoms with Gasteiger partial charge in [-0.2, -0.15) is 0 Å². The molecule has 0 aliphatic heterocycles. The molecule has 3 aromatic carbocycles. The second-order valence-electron chi connectivity index (χ2n) is 7.95. The Hall–Kier alpha value is -3.42. The highest BCUT2D eigenvalue weighted by Crippen LogP contribution is 2.25. The van der Waals surface area contributed by atoms with Crippen molar-refractivity contribution >= 4 is 35.1 Å². The number of ketones is 1. The number of halogens is 1. The number of aryl methyl sites for hydroxylation is 1. The Morgan fingerprint density at radius 1 is 0.914 bits per heavy atom. The molecular formula is C27H25ClN4O2S. The zero-order valence-corrected chi connectivity index (χ0v) is 20.9. The largest absolute Gasteiger partial charge is 0.356 e. The number of carbonyl (C=O) groups is 2. The number of Topliss-reactive ketones (excluding diaryl/α,β-unsaturated/α-hetero) is 1. The lowest BCUT2D eigenvalue weighted by molar-refractivity contribution is -0.118. The summed E-state index contributed by atoms with van der Waals surface area (Å²) < 4.78 is 1.94. The SMILES string of the molecule is CC(=O)NCCCc1nnc(SCC(=O)c2ccc(-c3ccccc3)cc2)n1-c1ccc(Cl)cc1. The van der Waals surface area contributed by atoms with Crippen LogP contribution in [0.4, 0.5) is 0 Å². The Balaban J connectivity index is 1.47. The van der Waals surface area contributed by atoms with E-state index in [4.69, 9.17) is 11.6 Å². The number of hydrogen-bond donors (Lipinski definition) is 1. The summed E-state index contributed by atoms with van der Waals surface area (Å²) in [6.45, 7) is 2.06. The minimum atomic E-state index is -0.0595. The predicted molar refractivity (Wildman–Crippen MR) is 140 cm³/mol. The summed E-state index contributed by atoms with van der Waals surface area (Å²) >= 11 is 7.43. The van der Waals surface area contributed by atoms with Crippen molar-refractivity contribution in [1.82, 2.24) is 20.1 Å². The number of aromatic nitrogens is 3. The van der Waals surface area contributed by atoms with Gasteiger partial charge in [0.15, 0.2) is 10.9 Å². The topological polar surface area (TPSA) is 76.9 Å². The van der Waals surface area contributed by atoms with Crippen molar-refractivity contribution in [3.05, 3.63) is 95.3 Å². The maximum Gasteiger partial charge on any atom is 0.216 e. The first-order valence-electron chi connectivity index (χ1n) is 11.3. The molecule has 0 bridgehead atoms. The maximum absolute atomic E-state index is 12.9. The van der Waals surface area contributed by atoms with E-state index in [0.717, 1.165) is 29.1 Å². The summed E-state index contributed by atoms with van der Waals surface area (Å²) in [5.74, 6) is 0.963. The lowest BCUT2D eigenvalue weighted by Crippen LogP contribution is -2.21. The third-order valence-electron chi connectivity index (χ3n) is 5.38. The van der Waals surface area contributed by atoms with Gasteiger partial charge >= 0.3 is 0 Å². The molecule has 6 nitrogen and oxygen atoms in total. The summed E-state index contributed by atoms with van der Waals surface area (Å²) in [6.07, 6.45) is 1.36. The Labute approximate surface area is 213 Å². The molecule has 1 aromatic heterocycles. The highest BCUT2D eigenvalue weighted by atomic mass is 35.5. The Bertz CT molecular complexity index is 1290. The van der Waals surface area contributed by atoms with Crippen LogP contribution in [0.1, 0.15) is 29.5 Å².